The van der Waals surface area contributed by atoms with Gasteiger partial charge < -0.3 is 4.42 Å². The highest BCUT2D eigenvalue weighted by Gasteiger charge is 2.18. The average molecular weight is 295 g/mol. The highest BCUT2D eigenvalue weighted by Crippen LogP contribution is 2.28. The second-order valence-corrected chi connectivity index (χ2v) is 4.69. The molecule has 7 heteroatoms. The monoisotopic (exact) mass is 295 g/mol. The quantitative estimate of drug-likeness (QED) is 0.746. The Morgan fingerprint density at radius 3 is 2.62 bits per heavy atom. The van der Waals surface area contributed by atoms with Crippen molar-refractivity contribution in [1.82, 2.24) is 20.2 Å². The van der Waals surface area contributed by atoms with Crippen LogP contribution in [0.5, 0.6) is 0 Å². The van der Waals surface area contributed by atoms with Crippen LogP contribution in [0.3, 0.4) is 0 Å². The highest BCUT2D eigenvalue weighted by molar-refractivity contribution is 7.80. The van der Waals surface area contributed by atoms with Gasteiger partial charge in [-0.05, 0) is 17.7 Å². The Labute approximate surface area is 125 Å². The summed E-state index contributed by atoms with van der Waals surface area (Å²) in [6.07, 6.45) is 4.67. The number of thiol groups is 1. The zero-order chi connectivity index (χ0) is 14.7. The average Bonchev–Trinajstić information content (AvgIpc) is 3.05. The van der Waals surface area contributed by atoms with E-state index >= 15 is 0 Å². The molecule has 0 fully saturated rings. The Balaban J connectivity index is 1.87. The molecular weight excluding hydrogens is 286 g/mol. The van der Waals surface area contributed by atoms with Crippen molar-refractivity contribution in [3.05, 3.63) is 59.9 Å². The summed E-state index contributed by atoms with van der Waals surface area (Å²) >= 11 is 4.48. The largest absolute Gasteiger partial charge is 0.418 e. The molecule has 2 heterocycles. The lowest BCUT2D eigenvalue weighted by Crippen LogP contribution is -1.93. The molecule has 1 atom stereocenters. The van der Waals surface area contributed by atoms with Gasteiger partial charge in [0.1, 0.15) is 10.9 Å². The second kappa shape index (κ2) is 5.73. The third-order valence-electron chi connectivity index (χ3n) is 2.81. The Hall–Kier alpha value is -2.72. The summed E-state index contributed by atoms with van der Waals surface area (Å²) in [6, 6.07) is 9.12. The summed E-state index contributed by atoms with van der Waals surface area (Å²) < 4.78 is 5.58. The first kappa shape index (κ1) is 13.3. The fraction of sp³-hybridized carbons (Fsp3) is 0.0714. The van der Waals surface area contributed by atoms with E-state index in [9.17, 15) is 0 Å². The van der Waals surface area contributed by atoms with Crippen LogP contribution < -0.4 is 0 Å². The Kier molecular flexibility index (Phi) is 3.62. The molecule has 0 bridgehead atoms. The molecule has 0 radical (unpaired) electrons. The molecule has 1 aromatic carbocycles. The molecule has 21 heavy (non-hydrogen) atoms. The summed E-state index contributed by atoms with van der Waals surface area (Å²) in [5.74, 6) is 0.662. The molecule has 3 rings (SSSR count). The van der Waals surface area contributed by atoms with Gasteiger partial charge in [-0.2, -0.15) is 17.9 Å². The van der Waals surface area contributed by atoms with Crippen molar-refractivity contribution in [2.45, 2.75) is 5.25 Å². The Morgan fingerprint density at radius 1 is 1.14 bits per heavy atom. The van der Waals surface area contributed by atoms with E-state index < -0.39 is 0 Å². The van der Waals surface area contributed by atoms with E-state index in [1.54, 1.807) is 30.7 Å². The summed E-state index contributed by atoms with van der Waals surface area (Å²) in [5, 5.41) is 16.4. The molecule has 6 nitrogen and oxygen atoms in total. The van der Waals surface area contributed by atoms with Crippen LogP contribution in [0.4, 0.5) is 0 Å². The van der Waals surface area contributed by atoms with Crippen LogP contribution in [-0.2, 0) is 0 Å². The number of benzene rings is 1. The standard InChI is InChI=1S/C14H9N5OS/c15-7-9-1-3-10(4-2-9)12(21)14-19-18-13(20-14)11-8-16-5-6-17-11/h1-6,8,12,21H. The molecule has 1 unspecified atom stereocenters. The lowest BCUT2D eigenvalue weighted by atomic mass is 10.1. The Morgan fingerprint density at radius 2 is 1.95 bits per heavy atom. The van der Waals surface area contributed by atoms with Crippen molar-refractivity contribution in [1.29, 1.82) is 5.26 Å². The van der Waals surface area contributed by atoms with Crippen LogP contribution in [-0.4, -0.2) is 20.2 Å². The molecule has 2 aromatic heterocycles. The summed E-state index contributed by atoms with van der Waals surface area (Å²) in [5.41, 5.74) is 1.97. The van der Waals surface area contributed by atoms with Crippen molar-refractivity contribution in [2.24, 2.45) is 0 Å². The third-order valence-corrected chi connectivity index (χ3v) is 3.33. The lowest BCUT2D eigenvalue weighted by molar-refractivity contribution is 0.514. The lowest BCUT2D eigenvalue weighted by Gasteiger charge is -2.05. The Bertz CT molecular complexity index is 779. The normalized spacial score (nSPS) is 11.8. The van der Waals surface area contributed by atoms with Gasteiger partial charge in [-0.25, -0.2) is 4.98 Å². The van der Waals surface area contributed by atoms with Crippen molar-refractivity contribution in [2.75, 3.05) is 0 Å². The number of rotatable bonds is 3. The molecule has 0 N–H and O–H groups in total. The van der Waals surface area contributed by atoms with Crippen molar-refractivity contribution >= 4 is 12.6 Å². The van der Waals surface area contributed by atoms with E-state index in [2.05, 4.69) is 38.9 Å². The van der Waals surface area contributed by atoms with Crippen LogP contribution in [0.15, 0.2) is 47.3 Å². The molecule has 0 saturated heterocycles. The maximum Gasteiger partial charge on any atom is 0.267 e. The van der Waals surface area contributed by atoms with Gasteiger partial charge in [0.15, 0.2) is 0 Å². The molecule has 0 aliphatic rings. The molecule has 3 aromatic rings. The number of aromatic nitrogens is 4. The number of nitrogens with zero attached hydrogens (tertiary/aromatic N) is 5. The second-order valence-electron chi connectivity index (χ2n) is 4.17. The zero-order valence-electron chi connectivity index (χ0n) is 10.7. The first-order valence-corrected chi connectivity index (χ1v) is 6.57. The minimum absolute atomic E-state index is 0.297. The SMILES string of the molecule is N#Cc1ccc(C(S)c2nnc(-c3cnccn3)o2)cc1. The zero-order valence-corrected chi connectivity index (χ0v) is 11.6. The smallest absolute Gasteiger partial charge is 0.267 e. The van der Waals surface area contributed by atoms with E-state index in [-0.39, 0.29) is 5.25 Å². The van der Waals surface area contributed by atoms with Gasteiger partial charge in [-0.3, -0.25) is 4.98 Å². The van der Waals surface area contributed by atoms with Gasteiger partial charge >= 0.3 is 0 Å². The topological polar surface area (TPSA) is 88.5 Å². The summed E-state index contributed by atoms with van der Waals surface area (Å²) in [6.45, 7) is 0. The molecular formula is C14H9N5OS. The highest BCUT2D eigenvalue weighted by atomic mass is 32.1. The molecule has 102 valence electrons. The van der Waals surface area contributed by atoms with Crippen LogP contribution in [0.2, 0.25) is 0 Å². The summed E-state index contributed by atoms with van der Waals surface area (Å²) in [7, 11) is 0. The van der Waals surface area contributed by atoms with E-state index in [1.807, 2.05) is 12.1 Å². The predicted octanol–water partition coefficient (Wildman–Crippen LogP) is 2.42. The number of hydrogen-bond donors (Lipinski definition) is 1. The van der Waals surface area contributed by atoms with Gasteiger partial charge in [-0.15, -0.1) is 10.2 Å². The maximum atomic E-state index is 8.79. The van der Waals surface area contributed by atoms with Crippen molar-refractivity contribution in [3.8, 4) is 17.7 Å². The molecule has 0 amide bonds. The molecule has 0 spiro atoms. The van der Waals surface area contributed by atoms with Gasteiger partial charge in [0.05, 0.1) is 17.8 Å². The minimum Gasteiger partial charge on any atom is -0.418 e. The maximum absolute atomic E-state index is 8.79. The van der Waals surface area contributed by atoms with Crippen molar-refractivity contribution < 1.29 is 4.42 Å². The minimum atomic E-state index is -0.365. The van der Waals surface area contributed by atoms with E-state index in [0.29, 0.717) is 23.0 Å². The predicted molar refractivity (Wildman–Crippen MR) is 77.3 cm³/mol. The van der Waals surface area contributed by atoms with E-state index in [0.717, 1.165) is 5.56 Å². The number of nitriles is 1. The molecule has 0 aliphatic heterocycles. The number of hydrogen-bond acceptors (Lipinski definition) is 7. The van der Waals surface area contributed by atoms with E-state index in [4.69, 9.17) is 9.68 Å². The first-order valence-electron chi connectivity index (χ1n) is 6.06. The van der Waals surface area contributed by atoms with Crippen LogP contribution >= 0.6 is 12.6 Å². The van der Waals surface area contributed by atoms with E-state index in [1.165, 1.54) is 0 Å². The first-order chi connectivity index (χ1) is 10.3. The van der Waals surface area contributed by atoms with Gasteiger partial charge in [0.25, 0.3) is 5.89 Å². The third kappa shape index (κ3) is 2.75. The van der Waals surface area contributed by atoms with Crippen molar-refractivity contribution in [3.63, 3.8) is 0 Å². The van der Waals surface area contributed by atoms with Gasteiger partial charge in [0, 0.05) is 12.4 Å². The van der Waals surface area contributed by atoms with Crippen LogP contribution in [0.1, 0.15) is 22.3 Å². The molecule has 0 saturated carbocycles. The van der Waals surface area contributed by atoms with Crippen LogP contribution in [0, 0.1) is 11.3 Å². The van der Waals surface area contributed by atoms with Gasteiger partial charge in [0.2, 0.25) is 5.89 Å². The van der Waals surface area contributed by atoms with Crippen LogP contribution in [0.25, 0.3) is 11.6 Å². The van der Waals surface area contributed by atoms with Gasteiger partial charge in [-0.1, -0.05) is 12.1 Å². The fourth-order valence-electron chi connectivity index (χ4n) is 1.74. The fourth-order valence-corrected chi connectivity index (χ4v) is 2.02. The molecule has 0 aliphatic carbocycles. The summed E-state index contributed by atoms with van der Waals surface area (Å²) in [4.78, 5) is 8.05.